The molecule has 0 aromatic heterocycles. The zero-order valence-corrected chi connectivity index (χ0v) is 12.2. The van der Waals surface area contributed by atoms with Crippen molar-refractivity contribution in [3.05, 3.63) is 34.9 Å². The maximum Gasteiger partial charge on any atom is 0.167 e. The van der Waals surface area contributed by atoms with Crippen molar-refractivity contribution >= 4 is 11.4 Å². The average Bonchev–Trinajstić information content (AvgIpc) is 2.70. The summed E-state index contributed by atoms with van der Waals surface area (Å²) in [5, 5.41) is 19.7. The molecule has 0 amide bonds. The Morgan fingerprint density at radius 1 is 1.24 bits per heavy atom. The fourth-order valence-corrected chi connectivity index (χ4v) is 4.71. The number of fused-ring (bicyclic) bond motifs is 4. The van der Waals surface area contributed by atoms with Gasteiger partial charge in [0, 0.05) is 5.41 Å². The number of carbonyl (C=O) groups excluding carboxylic acids is 1. The van der Waals surface area contributed by atoms with Crippen molar-refractivity contribution in [2.24, 2.45) is 11.3 Å². The standard InChI is InChI=1S/C18H20O3/c1-18-7-6-13-12-5-3-11(19)8-10(12)2-4-14(13)15(18)9-16(20)17(18)21/h3,5,8,15-16,19-20H,2,4,6-7,9H2,1H3/t15?,16-,18+/m1/s1. The van der Waals surface area contributed by atoms with Gasteiger partial charge in [-0.1, -0.05) is 18.6 Å². The van der Waals surface area contributed by atoms with Gasteiger partial charge in [-0.15, -0.1) is 0 Å². The van der Waals surface area contributed by atoms with Crippen LogP contribution in [0.25, 0.3) is 5.57 Å². The summed E-state index contributed by atoms with van der Waals surface area (Å²) in [4.78, 5) is 12.3. The Balaban J connectivity index is 1.84. The van der Waals surface area contributed by atoms with Gasteiger partial charge in [-0.25, -0.2) is 0 Å². The monoisotopic (exact) mass is 284 g/mol. The highest BCUT2D eigenvalue weighted by molar-refractivity contribution is 5.93. The summed E-state index contributed by atoms with van der Waals surface area (Å²) < 4.78 is 0. The van der Waals surface area contributed by atoms with E-state index < -0.39 is 6.10 Å². The maximum atomic E-state index is 12.3. The minimum atomic E-state index is -0.784. The minimum Gasteiger partial charge on any atom is -0.508 e. The van der Waals surface area contributed by atoms with Crippen LogP contribution in [0.5, 0.6) is 5.75 Å². The molecule has 3 atom stereocenters. The molecule has 0 heterocycles. The maximum absolute atomic E-state index is 12.3. The number of allylic oxidation sites excluding steroid dienone is 2. The molecule has 3 aliphatic rings. The number of hydrogen-bond donors (Lipinski definition) is 2. The molecule has 0 bridgehead atoms. The molecule has 0 aliphatic heterocycles. The second-order valence-corrected chi connectivity index (χ2v) is 6.93. The van der Waals surface area contributed by atoms with Crippen molar-refractivity contribution in [2.75, 3.05) is 0 Å². The molecule has 0 spiro atoms. The normalized spacial score (nSPS) is 34.5. The van der Waals surface area contributed by atoms with Crippen molar-refractivity contribution in [3.8, 4) is 5.75 Å². The number of aliphatic hydroxyl groups is 1. The number of Topliss-reactive ketones (excluding diaryl/α,β-unsaturated/α-hetero) is 1. The van der Waals surface area contributed by atoms with E-state index in [4.69, 9.17) is 0 Å². The smallest absolute Gasteiger partial charge is 0.167 e. The van der Waals surface area contributed by atoms with Gasteiger partial charge < -0.3 is 10.2 Å². The number of ketones is 1. The topological polar surface area (TPSA) is 57.5 Å². The van der Waals surface area contributed by atoms with Crippen molar-refractivity contribution in [2.45, 2.75) is 45.1 Å². The van der Waals surface area contributed by atoms with E-state index in [1.165, 1.54) is 22.3 Å². The van der Waals surface area contributed by atoms with E-state index in [2.05, 4.69) is 0 Å². The van der Waals surface area contributed by atoms with Crippen LogP contribution in [0.4, 0.5) is 0 Å². The van der Waals surface area contributed by atoms with Gasteiger partial charge in [-0.05, 0) is 66.9 Å². The van der Waals surface area contributed by atoms with Crippen LogP contribution in [0.2, 0.25) is 0 Å². The summed E-state index contributed by atoms with van der Waals surface area (Å²) in [5.74, 6) is 0.561. The highest BCUT2D eigenvalue weighted by Gasteiger charge is 2.54. The molecule has 21 heavy (non-hydrogen) atoms. The first-order valence-corrected chi connectivity index (χ1v) is 7.77. The predicted octanol–water partition coefficient (Wildman–Crippen LogP) is 2.84. The third-order valence-corrected chi connectivity index (χ3v) is 5.87. The van der Waals surface area contributed by atoms with Crippen LogP contribution >= 0.6 is 0 Å². The van der Waals surface area contributed by atoms with E-state index in [-0.39, 0.29) is 17.1 Å². The van der Waals surface area contributed by atoms with Gasteiger partial charge in [0.05, 0.1) is 0 Å². The molecule has 0 radical (unpaired) electrons. The second-order valence-electron chi connectivity index (χ2n) is 6.93. The number of aliphatic hydroxyl groups excluding tert-OH is 1. The third-order valence-electron chi connectivity index (χ3n) is 5.87. The number of phenols is 1. The predicted molar refractivity (Wildman–Crippen MR) is 79.8 cm³/mol. The van der Waals surface area contributed by atoms with Crippen molar-refractivity contribution in [1.29, 1.82) is 0 Å². The first kappa shape index (κ1) is 13.1. The summed E-state index contributed by atoms with van der Waals surface area (Å²) >= 11 is 0. The van der Waals surface area contributed by atoms with Crippen LogP contribution in [-0.2, 0) is 11.2 Å². The van der Waals surface area contributed by atoms with Crippen LogP contribution in [-0.4, -0.2) is 22.1 Å². The van der Waals surface area contributed by atoms with Gasteiger partial charge in [0.1, 0.15) is 11.9 Å². The average molecular weight is 284 g/mol. The molecule has 1 aromatic carbocycles. The summed E-state index contributed by atoms with van der Waals surface area (Å²) in [5.41, 5.74) is 4.83. The van der Waals surface area contributed by atoms with Gasteiger partial charge >= 0.3 is 0 Å². The largest absolute Gasteiger partial charge is 0.508 e. The molecule has 4 rings (SSSR count). The first-order chi connectivity index (χ1) is 10.0. The first-order valence-electron chi connectivity index (χ1n) is 7.77. The van der Waals surface area contributed by atoms with Gasteiger partial charge in [0.15, 0.2) is 5.78 Å². The van der Waals surface area contributed by atoms with E-state index in [1.807, 2.05) is 19.1 Å². The Kier molecular flexibility index (Phi) is 2.62. The molecule has 3 aliphatic carbocycles. The van der Waals surface area contributed by atoms with E-state index in [1.54, 1.807) is 6.07 Å². The second kappa shape index (κ2) is 4.20. The zero-order valence-electron chi connectivity index (χ0n) is 12.2. The number of benzene rings is 1. The molecule has 0 saturated heterocycles. The SMILES string of the molecule is C[C@]12CCC3=C(CCc4cc(O)ccc43)C1C[C@@H](O)C2=O. The van der Waals surface area contributed by atoms with E-state index in [9.17, 15) is 15.0 Å². The molecule has 1 fully saturated rings. The minimum absolute atomic E-state index is 0.0375. The van der Waals surface area contributed by atoms with E-state index >= 15 is 0 Å². The van der Waals surface area contributed by atoms with Crippen LogP contribution in [0.3, 0.4) is 0 Å². The number of phenolic OH excluding ortho intramolecular Hbond substituents is 1. The lowest BCUT2D eigenvalue weighted by molar-refractivity contribution is -0.132. The molecular weight excluding hydrogens is 264 g/mol. The number of rotatable bonds is 0. The summed E-state index contributed by atoms with van der Waals surface area (Å²) in [6.45, 7) is 2.03. The molecule has 110 valence electrons. The lowest BCUT2D eigenvalue weighted by Gasteiger charge is -2.40. The molecule has 2 N–H and O–H groups in total. The van der Waals surface area contributed by atoms with Crippen LogP contribution in [0.15, 0.2) is 23.8 Å². The van der Waals surface area contributed by atoms with Crippen LogP contribution < -0.4 is 0 Å². The molecular formula is C18H20O3. The fourth-order valence-electron chi connectivity index (χ4n) is 4.71. The molecule has 1 aromatic rings. The number of hydrogen-bond acceptors (Lipinski definition) is 3. The number of aromatic hydroxyl groups is 1. The Morgan fingerprint density at radius 2 is 2.05 bits per heavy atom. The summed E-state index contributed by atoms with van der Waals surface area (Å²) in [6.07, 6.45) is 3.39. The van der Waals surface area contributed by atoms with Crippen LogP contribution in [0.1, 0.15) is 43.7 Å². The summed E-state index contributed by atoms with van der Waals surface area (Å²) in [7, 11) is 0. The van der Waals surface area contributed by atoms with Gasteiger partial charge in [-0.3, -0.25) is 4.79 Å². The Hall–Kier alpha value is -1.61. The Labute approximate surface area is 124 Å². The van der Waals surface area contributed by atoms with Gasteiger partial charge in [0.2, 0.25) is 0 Å². The van der Waals surface area contributed by atoms with Crippen molar-refractivity contribution < 1.29 is 15.0 Å². The number of aryl methyl sites for hydroxylation is 1. The lowest BCUT2D eigenvalue weighted by Crippen LogP contribution is -2.36. The third kappa shape index (κ3) is 1.67. The van der Waals surface area contributed by atoms with E-state index in [0.717, 1.165) is 25.7 Å². The zero-order chi connectivity index (χ0) is 14.8. The molecule has 3 heteroatoms. The number of carbonyl (C=O) groups is 1. The van der Waals surface area contributed by atoms with E-state index in [0.29, 0.717) is 12.2 Å². The van der Waals surface area contributed by atoms with Gasteiger partial charge in [0.25, 0.3) is 0 Å². The van der Waals surface area contributed by atoms with Crippen molar-refractivity contribution in [1.82, 2.24) is 0 Å². The highest BCUT2D eigenvalue weighted by Crippen LogP contribution is 2.56. The molecule has 1 unspecified atom stereocenters. The highest BCUT2D eigenvalue weighted by atomic mass is 16.3. The van der Waals surface area contributed by atoms with Crippen molar-refractivity contribution in [3.63, 3.8) is 0 Å². The lowest BCUT2D eigenvalue weighted by atomic mass is 9.63. The Morgan fingerprint density at radius 3 is 2.86 bits per heavy atom. The van der Waals surface area contributed by atoms with Crippen LogP contribution in [0, 0.1) is 11.3 Å². The quantitative estimate of drug-likeness (QED) is 0.770. The Bertz CT molecular complexity index is 673. The summed E-state index contributed by atoms with van der Waals surface area (Å²) in [6, 6.07) is 5.62. The van der Waals surface area contributed by atoms with Gasteiger partial charge in [-0.2, -0.15) is 0 Å². The fraction of sp³-hybridized carbons (Fsp3) is 0.500. The molecule has 1 saturated carbocycles. The molecule has 3 nitrogen and oxygen atoms in total.